The van der Waals surface area contributed by atoms with Crippen LogP contribution in [0.3, 0.4) is 0 Å². The zero-order chi connectivity index (χ0) is 10.5. The first-order valence-corrected chi connectivity index (χ1v) is 4.91. The molecule has 0 saturated carbocycles. The Kier molecular flexibility index (Phi) is 5.53. The average molecular weight is 189 g/mol. The number of hydrogen-bond acceptors (Lipinski definition) is 3. The molecule has 3 N–H and O–H groups in total. The molecule has 0 saturated heterocycles. The molecule has 0 aliphatic carbocycles. The maximum Gasteiger partial charge on any atom is 0.0662 e. The highest BCUT2D eigenvalue weighted by molar-refractivity contribution is 4.75. The summed E-state index contributed by atoms with van der Waals surface area (Å²) in [7, 11) is 0. The molecule has 0 aromatic carbocycles. The van der Waals surface area contributed by atoms with E-state index in [4.69, 9.17) is 5.11 Å². The first-order chi connectivity index (χ1) is 5.89. The molecule has 0 aliphatic heterocycles. The van der Waals surface area contributed by atoms with E-state index in [0.717, 1.165) is 13.0 Å². The number of aliphatic hydroxyl groups is 2. The third kappa shape index (κ3) is 6.02. The van der Waals surface area contributed by atoms with Crippen LogP contribution in [0.15, 0.2) is 0 Å². The lowest BCUT2D eigenvalue weighted by Gasteiger charge is -2.27. The van der Waals surface area contributed by atoms with Gasteiger partial charge in [0.05, 0.1) is 6.10 Å². The molecular formula is C10H23NO2. The quantitative estimate of drug-likeness (QED) is 0.578. The van der Waals surface area contributed by atoms with Crippen molar-refractivity contribution >= 4 is 0 Å². The van der Waals surface area contributed by atoms with Crippen LogP contribution in [0.5, 0.6) is 0 Å². The standard InChI is InChI=1S/C10H23NO2/c1-8(9(2)13)11-7-10(3,4)5-6-12/h8-9,11-13H,5-7H2,1-4H3. The number of rotatable bonds is 6. The van der Waals surface area contributed by atoms with Gasteiger partial charge in [-0.1, -0.05) is 13.8 Å². The predicted molar refractivity (Wildman–Crippen MR) is 54.6 cm³/mol. The largest absolute Gasteiger partial charge is 0.396 e. The van der Waals surface area contributed by atoms with Crippen molar-refractivity contribution in [2.45, 2.75) is 46.3 Å². The van der Waals surface area contributed by atoms with E-state index >= 15 is 0 Å². The fraction of sp³-hybridized carbons (Fsp3) is 1.00. The van der Waals surface area contributed by atoms with Crippen molar-refractivity contribution in [2.24, 2.45) is 5.41 Å². The summed E-state index contributed by atoms with van der Waals surface area (Å²) in [5.41, 5.74) is 0.0951. The predicted octanol–water partition coefficient (Wildman–Crippen LogP) is 0.754. The molecule has 0 aromatic heterocycles. The minimum atomic E-state index is -0.329. The molecule has 0 fully saturated rings. The van der Waals surface area contributed by atoms with Crippen LogP contribution in [0.1, 0.15) is 34.1 Å². The molecule has 3 heteroatoms. The minimum absolute atomic E-state index is 0.0951. The molecular weight excluding hydrogens is 166 g/mol. The van der Waals surface area contributed by atoms with Crippen molar-refractivity contribution in [3.05, 3.63) is 0 Å². The van der Waals surface area contributed by atoms with Gasteiger partial charge in [-0.05, 0) is 25.7 Å². The monoisotopic (exact) mass is 189 g/mol. The molecule has 2 atom stereocenters. The molecule has 2 unspecified atom stereocenters. The highest BCUT2D eigenvalue weighted by Crippen LogP contribution is 2.18. The fourth-order valence-corrected chi connectivity index (χ4v) is 0.999. The van der Waals surface area contributed by atoms with Crippen LogP contribution >= 0.6 is 0 Å². The Morgan fingerprint density at radius 3 is 2.23 bits per heavy atom. The summed E-state index contributed by atoms with van der Waals surface area (Å²) in [5.74, 6) is 0. The Morgan fingerprint density at radius 1 is 1.31 bits per heavy atom. The molecule has 80 valence electrons. The first kappa shape index (κ1) is 12.9. The molecule has 0 bridgehead atoms. The van der Waals surface area contributed by atoms with Crippen LogP contribution in [0.25, 0.3) is 0 Å². The zero-order valence-corrected chi connectivity index (χ0v) is 9.17. The topological polar surface area (TPSA) is 52.5 Å². The average Bonchev–Trinajstić information content (AvgIpc) is 2.00. The summed E-state index contributed by atoms with van der Waals surface area (Å²) < 4.78 is 0. The van der Waals surface area contributed by atoms with Crippen molar-refractivity contribution in [1.82, 2.24) is 5.32 Å². The summed E-state index contributed by atoms with van der Waals surface area (Å²) >= 11 is 0. The summed E-state index contributed by atoms with van der Waals surface area (Å²) in [6, 6.07) is 0.109. The van der Waals surface area contributed by atoms with Gasteiger partial charge in [-0.3, -0.25) is 0 Å². The Morgan fingerprint density at radius 2 is 1.85 bits per heavy atom. The van der Waals surface area contributed by atoms with Crippen LogP contribution in [-0.4, -0.2) is 35.5 Å². The number of aliphatic hydroxyl groups excluding tert-OH is 2. The molecule has 0 spiro atoms. The maximum absolute atomic E-state index is 9.24. The number of hydrogen-bond donors (Lipinski definition) is 3. The molecule has 0 amide bonds. The highest BCUT2D eigenvalue weighted by atomic mass is 16.3. The van der Waals surface area contributed by atoms with Crippen LogP contribution in [0.4, 0.5) is 0 Å². The van der Waals surface area contributed by atoms with E-state index in [9.17, 15) is 5.11 Å². The van der Waals surface area contributed by atoms with Crippen molar-refractivity contribution in [3.63, 3.8) is 0 Å². The Balaban J connectivity index is 3.73. The Labute approximate surface area is 81.2 Å². The molecule has 0 aliphatic rings. The van der Waals surface area contributed by atoms with Crippen LogP contribution < -0.4 is 5.32 Å². The lowest BCUT2D eigenvalue weighted by Crippen LogP contribution is -2.41. The summed E-state index contributed by atoms with van der Waals surface area (Å²) in [6.07, 6.45) is 0.455. The second kappa shape index (κ2) is 5.58. The molecule has 13 heavy (non-hydrogen) atoms. The fourth-order valence-electron chi connectivity index (χ4n) is 0.999. The van der Waals surface area contributed by atoms with Gasteiger partial charge in [-0.25, -0.2) is 0 Å². The molecule has 0 aromatic rings. The summed E-state index contributed by atoms with van der Waals surface area (Å²) in [6.45, 7) is 8.98. The smallest absolute Gasteiger partial charge is 0.0662 e. The summed E-state index contributed by atoms with van der Waals surface area (Å²) in [5, 5.41) is 21.3. The Hall–Kier alpha value is -0.120. The van der Waals surface area contributed by atoms with Gasteiger partial charge < -0.3 is 15.5 Å². The van der Waals surface area contributed by atoms with E-state index < -0.39 is 0 Å². The second-order valence-electron chi connectivity index (χ2n) is 4.55. The van der Waals surface area contributed by atoms with Gasteiger partial charge in [-0.2, -0.15) is 0 Å². The van der Waals surface area contributed by atoms with Crippen LogP contribution in [0, 0.1) is 5.41 Å². The third-order valence-electron chi connectivity index (χ3n) is 2.41. The van der Waals surface area contributed by atoms with Crippen molar-refractivity contribution < 1.29 is 10.2 Å². The van der Waals surface area contributed by atoms with E-state index in [2.05, 4.69) is 19.2 Å². The van der Waals surface area contributed by atoms with Gasteiger partial charge in [0.1, 0.15) is 0 Å². The van der Waals surface area contributed by atoms with E-state index in [-0.39, 0.29) is 24.2 Å². The normalized spacial score (nSPS) is 17.1. The second-order valence-corrected chi connectivity index (χ2v) is 4.55. The maximum atomic E-state index is 9.24. The SMILES string of the molecule is CC(O)C(C)NCC(C)(C)CCO. The third-order valence-corrected chi connectivity index (χ3v) is 2.41. The van der Waals surface area contributed by atoms with Gasteiger partial charge in [0.25, 0.3) is 0 Å². The van der Waals surface area contributed by atoms with E-state index in [1.165, 1.54) is 0 Å². The van der Waals surface area contributed by atoms with E-state index in [1.807, 2.05) is 6.92 Å². The molecule has 0 heterocycles. The summed E-state index contributed by atoms with van der Waals surface area (Å²) in [4.78, 5) is 0. The van der Waals surface area contributed by atoms with Crippen molar-refractivity contribution in [2.75, 3.05) is 13.2 Å². The van der Waals surface area contributed by atoms with Gasteiger partial charge >= 0.3 is 0 Å². The van der Waals surface area contributed by atoms with Crippen LogP contribution in [0.2, 0.25) is 0 Å². The van der Waals surface area contributed by atoms with E-state index in [0.29, 0.717) is 0 Å². The lowest BCUT2D eigenvalue weighted by atomic mass is 9.89. The van der Waals surface area contributed by atoms with Gasteiger partial charge in [-0.15, -0.1) is 0 Å². The van der Waals surface area contributed by atoms with E-state index in [1.54, 1.807) is 6.92 Å². The van der Waals surface area contributed by atoms with Gasteiger partial charge in [0.15, 0.2) is 0 Å². The molecule has 0 radical (unpaired) electrons. The highest BCUT2D eigenvalue weighted by Gasteiger charge is 2.18. The van der Waals surface area contributed by atoms with Gasteiger partial charge in [0.2, 0.25) is 0 Å². The zero-order valence-electron chi connectivity index (χ0n) is 9.17. The molecule has 0 rings (SSSR count). The lowest BCUT2D eigenvalue weighted by molar-refractivity contribution is 0.138. The van der Waals surface area contributed by atoms with Crippen LogP contribution in [-0.2, 0) is 0 Å². The van der Waals surface area contributed by atoms with Crippen molar-refractivity contribution in [1.29, 1.82) is 0 Å². The molecule has 3 nitrogen and oxygen atoms in total. The van der Waals surface area contributed by atoms with Crippen molar-refractivity contribution in [3.8, 4) is 0 Å². The van der Waals surface area contributed by atoms with Gasteiger partial charge in [0, 0.05) is 19.2 Å². The first-order valence-electron chi connectivity index (χ1n) is 4.91. The Bertz CT molecular complexity index is 135. The number of nitrogens with one attached hydrogen (secondary N) is 1. The minimum Gasteiger partial charge on any atom is -0.396 e.